The number of anilines is 1. The first-order chi connectivity index (χ1) is 15.2. The maximum atomic E-state index is 13.3. The van der Waals surface area contributed by atoms with Crippen LogP contribution >= 0.6 is 11.6 Å². The fraction of sp³-hybridized carbons (Fsp3) is 0.136. The molecule has 3 heterocycles. The van der Waals surface area contributed by atoms with Crippen LogP contribution in [0.1, 0.15) is 12.2 Å². The zero-order chi connectivity index (χ0) is 21.2. The number of aryl methyl sites for hydroxylation is 1. The zero-order valence-electron chi connectivity index (χ0n) is 16.4. The number of para-hydroxylation sites is 1. The van der Waals surface area contributed by atoms with Crippen LogP contribution in [0.15, 0.2) is 66.0 Å². The number of rotatable bonds is 6. The van der Waals surface area contributed by atoms with Gasteiger partial charge >= 0.3 is 0 Å². The van der Waals surface area contributed by atoms with E-state index >= 15 is 0 Å². The Morgan fingerprint density at radius 2 is 1.90 bits per heavy atom. The average Bonchev–Trinajstić information content (AvgIpc) is 3.27. The Balaban J connectivity index is 1.45. The van der Waals surface area contributed by atoms with Gasteiger partial charge in [-0.15, -0.1) is 0 Å². The average molecular weight is 432 g/mol. The number of aromatic nitrogens is 6. The molecule has 154 valence electrons. The Morgan fingerprint density at radius 1 is 1.03 bits per heavy atom. The van der Waals surface area contributed by atoms with Gasteiger partial charge in [-0.25, -0.2) is 19.9 Å². The van der Waals surface area contributed by atoms with E-state index in [0.717, 1.165) is 12.1 Å². The number of fused-ring (bicyclic) bond motifs is 2. The van der Waals surface area contributed by atoms with Gasteiger partial charge in [-0.05, 0) is 30.7 Å². The van der Waals surface area contributed by atoms with Crippen LogP contribution in [0.5, 0.6) is 0 Å². The Bertz CT molecular complexity index is 1430. The molecule has 5 aromatic rings. The van der Waals surface area contributed by atoms with Crippen LogP contribution in [-0.2, 0) is 6.42 Å². The molecule has 0 aliphatic rings. The highest BCUT2D eigenvalue weighted by Crippen LogP contribution is 2.21. The van der Waals surface area contributed by atoms with Crippen molar-refractivity contribution in [3.63, 3.8) is 0 Å². The van der Waals surface area contributed by atoms with Gasteiger partial charge in [0, 0.05) is 13.0 Å². The van der Waals surface area contributed by atoms with Crippen LogP contribution in [0.25, 0.3) is 27.8 Å². The number of H-pyrrole nitrogens is 1. The molecule has 0 spiro atoms. The fourth-order valence-electron chi connectivity index (χ4n) is 3.59. The topological polar surface area (TPSA) is 101 Å². The Morgan fingerprint density at radius 3 is 2.77 bits per heavy atom. The molecule has 0 amide bonds. The molecule has 0 unspecified atom stereocenters. The molecule has 0 bridgehead atoms. The second-order valence-corrected chi connectivity index (χ2v) is 7.40. The van der Waals surface area contributed by atoms with Crippen molar-refractivity contribution in [3.8, 4) is 5.69 Å². The van der Waals surface area contributed by atoms with Crippen molar-refractivity contribution >= 4 is 39.5 Å². The van der Waals surface area contributed by atoms with Gasteiger partial charge in [0.1, 0.15) is 17.7 Å². The van der Waals surface area contributed by atoms with Crippen molar-refractivity contribution in [3.05, 3.63) is 82.4 Å². The van der Waals surface area contributed by atoms with E-state index in [0.29, 0.717) is 51.7 Å². The van der Waals surface area contributed by atoms with Gasteiger partial charge in [-0.3, -0.25) is 9.36 Å². The second kappa shape index (κ2) is 8.16. The van der Waals surface area contributed by atoms with E-state index in [9.17, 15) is 4.79 Å². The summed E-state index contributed by atoms with van der Waals surface area (Å²) in [6.45, 7) is 0.636. The first-order valence-electron chi connectivity index (χ1n) is 9.86. The van der Waals surface area contributed by atoms with Crippen molar-refractivity contribution in [2.24, 2.45) is 0 Å². The molecule has 3 aromatic heterocycles. The molecule has 0 radical (unpaired) electrons. The summed E-state index contributed by atoms with van der Waals surface area (Å²) in [5.74, 6) is 1.35. The lowest BCUT2D eigenvalue weighted by Crippen LogP contribution is -2.24. The lowest BCUT2D eigenvalue weighted by Gasteiger charge is -2.14. The number of nitrogens with zero attached hydrogens (tertiary/aromatic N) is 5. The van der Waals surface area contributed by atoms with Crippen LogP contribution in [0.2, 0.25) is 5.02 Å². The Kier molecular flexibility index (Phi) is 5.05. The molecule has 8 nitrogen and oxygen atoms in total. The van der Waals surface area contributed by atoms with Crippen molar-refractivity contribution in [1.82, 2.24) is 29.5 Å². The van der Waals surface area contributed by atoms with Gasteiger partial charge in [0.2, 0.25) is 0 Å². The van der Waals surface area contributed by atoms with E-state index in [2.05, 4.69) is 25.3 Å². The van der Waals surface area contributed by atoms with Gasteiger partial charge in [-0.2, -0.15) is 0 Å². The molecule has 5 rings (SSSR count). The minimum Gasteiger partial charge on any atom is -0.368 e. The predicted octanol–water partition coefficient (Wildman–Crippen LogP) is 3.75. The van der Waals surface area contributed by atoms with Crippen LogP contribution < -0.4 is 10.9 Å². The molecule has 0 saturated heterocycles. The third kappa shape index (κ3) is 3.62. The molecule has 2 aromatic carbocycles. The molecule has 31 heavy (non-hydrogen) atoms. The second-order valence-electron chi connectivity index (χ2n) is 6.99. The Labute approximate surface area is 182 Å². The monoisotopic (exact) mass is 431 g/mol. The molecule has 9 heteroatoms. The molecule has 0 saturated carbocycles. The fourth-order valence-corrected chi connectivity index (χ4v) is 3.84. The predicted molar refractivity (Wildman–Crippen MR) is 121 cm³/mol. The minimum absolute atomic E-state index is 0.168. The third-order valence-corrected chi connectivity index (χ3v) is 5.33. The number of hydrogen-bond acceptors (Lipinski definition) is 6. The summed E-state index contributed by atoms with van der Waals surface area (Å²) in [6.07, 6.45) is 4.41. The summed E-state index contributed by atoms with van der Waals surface area (Å²) in [5, 5.41) is 4.12. The van der Waals surface area contributed by atoms with Crippen molar-refractivity contribution < 1.29 is 0 Å². The number of halogens is 1. The standard InChI is InChI=1S/C22H18ClN7O/c23-15-8-4-9-16-18(15)22(31)30(14-6-2-1-3-7-14)17(29-16)10-5-11-24-20-19-21(26-12-25-19)28-13-27-20/h1-4,6-9,12-13H,5,10-11H2,(H2,24,25,26,27,28). The van der Waals surface area contributed by atoms with Crippen LogP contribution in [0.3, 0.4) is 0 Å². The van der Waals surface area contributed by atoms with Crippen LogP contribution in [0.4, 0.5) is 5.82 Å². The van der Waals surface area contributed by atoms with Crippen LogP contribution in [-0.4, -0.2) is 36.0 Å². The molecule has 0 aliphatic carbocycles. The quantitative estimate of drug-likeness (QED) is 0.397. The summed E-state index contributed by atoms with van der Waals surface area (Å²) in [7, 11) is 0. The first-order valence-corrected chi connectivity index (χ1v) is 10.2. The van der Waals surface area contributed by atoms with E-state index in [4.69, 9.17) is 16.6 Å². The molecule has 0 aliphatic heterocycles. The highest BCUT2D eigenvalue weighted by Gasteiger charge is 2.15. The highest BCUT2D eigenvalue weighted by molar-refractivity contribution is 6.35. The number of benzene rings is 2. The van der Waals surface area contributed by atoms with E-state index < -0.39 is 0 Å². The number of nitrogens with one attached hydrogen (secondary N) is 2. The van der Waals surface area contributed by atoms with Gasteiger partial charge in [0.05, 0.1) is 27.9 Å². The summed E-state index contributed by atoms with van der Waals surface area (Å²) in [6, 6.07) is 14.8. The maximum absolute atomic E-state index is 13.3. The molecular formula is C22H18ClN7O. The van der Waals surface area contributed by atoms with Crippen molar-refractivity contribution in [2.45, 2.75) is 12.8 Å². The largest absolute Gasteiger partial charge is 0.368 e. The number of hydrogen-bond donors (Lipinski definition) is 2. The van der Waals surface area contributed by atoms with E-state index in [1.807, 2.05) is 36.4 Å². The lowest BCUT2D eigenvalue weighted by atomic mass is 10.2. The van der Waals surface area contributed by atoms with E-state index in [-0.39, 0.29) is 5.56 Å². The summed E-state index contributed by atoms with van der Waals surface area (Å²) >= 11 is 6.32. The van der Waals surface area contributed by atoms with Crippen molar-refractivity contribution in [1.29, 1.82) is 0 Å². The van der Waals surface area contributed by atoms with Gasteiger partial charge < -0.3 is 10.3 Å². The van der Waals surface area contributed by atoms with Gasteiger partial charge in [-0.1, -0.05) is 35.9 Å². The molecule has 0 fully saturated rings. The summed E-state index contributed by atoms with van der Waals surface area (Å²) in [4.78, 5) is 33.7. The van der Waals surface area contributed by atoms with E-state index in [1.165, 1.54) is 6.33 Å². The lowest BCUT2D eigenvalue weighted by molar-refractivity contribution is 0.753. The Hall–Kier alpha value is -3.78. The van der Waals surface area contributed by atoms with Crippen molar-refractivity contribution in [2.75, 3.05) is 11.9 Å². The van der Waals surface area contributed by atoms with Gasteiger partial charge in [0.15, 0.2) is 11.5 Å². The number of imidazole rings is 1. The molecule has 0 atom stereocenters. The highest BCUT2D eigenvalue weighted by atomic mass is 35.5. The van der Waals surface area contributed by atoms with E-state index in [1.54, 1.807) is 23.0 Å². The van der Waals surface area contributed by atoms with Crippen LogP contribution in [0, 0.1) is 0 Å². The van der Waals surface area contributed by atoms with Gasteiger partial charge in [0.25, 0.3) is 5.56 Å². The normalized spacial score (nSPS) is 11.3. The molecular weight excluding hydrogens is 414 g/mol. The third-order valence-electron chi connectivity index (χ3n) is 5.02. The molecule has 2 N–H and O–H groups in total. The maximum Gasteiger partial charge on any atom is 0.267 e. The smallest absolute Gasteiger partial charge is 0.267 e. The number of aromatic amines is 1. The zero-order valence-corrected chi connectivity index (χ0v) is 17.2. The summed E-state index contributed by atoms with van der Waals surface area (Å²) in [5.41, 5.74) is 2.57. The SMILES string of the molecule is O=c1c2c(Cl)cccc2nc(CCCNc2ncnc3[nH]cnc23)n1-c1ccccc1. The minimum atomic E-state index is -0.168. The first kappa shape index (κ1) is 19.2. The summed E-state index contributed by atoms with van der Waals surface area (Å²) < 4.78 is 1.64.